The van der Waals surface area contributed by atoms with Gasteiger partial charge >= 0.3 is 0 Å². The molecule has 19 heavy (non-hydrogen) atoms. The zero-order valence-corrected chi connectivity index (χ0v) is 12.1. The fourth-order valence-electron chi connectivity index (χ4n) is 1.58. The van der Waals surface area contributed by atoms with Crippen LogP contribution in [-0.4, -0.2) is 5.91 Å². The van der Waals surface area contributed by atoms with Gasteiger partial charge in [-0.2, -0.15) is 0 Å². The quantitative estimate of drug-likeness (QED) is 0.795. The summed E-state index contributed by atoms with van der Waals surface area (Å²) in [6, 6.07) is 12.0. The molecule has 5 heteroatoms. The van der Waals surface area contributed by atoms with Crippen molar-refractivity contribution in [1.29, 1.82) is 0 Å². The molecule has 0 aliphatic rings. The summed E-state index contributed by atoms with van der Waals surface area (Å²) in [6.07, 6.45) is 0. The monoisotopic (exact) mass is 313 g/mol. The summed E-state index contributed by atoms with van der Waals surface area (Å²) >= 11 is 17.6. The van der Waals surface area contributed by atoms with Crippen LogP contribution < -0.4 is 5.32 Å². The second-order valence-electron chi connectivity index (χ2n) is 3.91. The molecule has 2 rings (SSSR count). The van der Waals surface area contributed by atoms with Crippen molar-refractivity contribution in [2.45, 2.75) is 5.88 Å². The molecule has 0 aliphatic heterocycles. The number of carbonyl (C=O) groups is 1. The highest BCUT2D eigenvalue weighted by molar-refractivity contribution is 6.35. The molecule has 2 aromatic rings. The average Bonchev–Trinajstić information content (AvgIpc) is 2.43. The van der Waals surface area contributed by atoms with Crippen molar-refractivity contribution in [1.82, 2.24) is 0 Å². The first-order chi connectivity index (χ1) is 9.10. The van der Waals surface area contributed by atoms with Crippen molar-refractivity contribution in [2.75, 3.05) is 5.32 Å². The number of nitrogens with one attached hydrogen (secondary N) is 1. The van der Waals surface area contributed by atoms with Crippen LogP contribution in [0.1, 0.15) is 15.9 Å². The topological polar surface area (TPSA) is 29.1 Å². The van der Waals surface area contributed by atoms with Gasteiger partial charge < -0.3 is 5.32 Å². The molecule has 1 amide bonds. The third-order valence-corrected chi connectivity index (χ3v) is 3.39. The molecule has 0 spiro atoms. The van der Waals surface area contributed by atoms with Crippen LogP contribution in [0.2, 0.25) is 10.0 Å². The maximum Gasteiger partial charge on any atom is 0.255 e. The summed E-state index contributed by atoms with van der Waals surface area (Å²) in [5.74, 6) is 0.107. The number of hydrogen-bond acceptors (Lipinski definition) is 1. The minimum Gasteiger partial charge on any atom is -0.321 e. The number of carbonyl (C=O) groups excluding carboxylic acids is 1. The van der Waals surface area contributed by atoms with Crippen molar-refractivity contribution in [3.8, 4) is 0 Å². The molecule has 0 fully saturated rings. The van der Waals surface area contributed by atoms with Gasteiger partial charge in [0.2, 0.25) is 0 Å². The van der Waals surface area contributed by atoms with Gasteiger partial charge in [0.1, 0.15) is 0 Å². The maximum absolute atomic E-state index is 12.1. The molecule has 0 atom stereocenters. The lowest BCUT2D eigenvalue weighted by Crippen LogP contribution is -2.12. The number of hydrogen-bond donors (Lipinski definition) is 1. The molecule has 0 bridgehead atoms. The standard InChI is InChI=1S/C14H10Cl3NO/c15-8-9-2-1-3-10(6-9)14(19)18-13-7-11(16)4-5-12(13)17/h1-7H,8H2,(H,18,19). The Hall–Kier alpha value is -1.22. The van der Waals surface area contributed by atoms with Crippen molar-refractivity contribution in [3.63, 3.8) is 0 Å². The SMILES string of the molecule is O=C(Nc1cc(Cl)ccc1Cl)c1cccc(CCl)c1. The van der Waals surface area contributed by atoms with Gasteiger partial charge in [-0.1, -0.05) is 35.3 Å². The molecular weight excluding hydrogens is 305 g/mol. The van der Waals surface area contributed by atoms with Crippen LogP contribution >= 0.6 is 34.8 Å². The van der Waals surface area contributed by atoms with Gasteiger partial charge in [-0.25, -0.2) is 0 Å². The molecule has 2 aromatic carbocycles. The Morgan fingerprint density at radius 3 is 2.63 bits per heavy atom. The molecular formula is C14H10Cl3NO. The van der Waals surface area contributed by atoms with Gasteiger partial charge in [-0.15, -0.1) is 11.6 Å². The van der Waals surface area contributed by atoms with Crippen molar-refractivity contribution in [3.05, 3.63) is 63.6 Å². The molecule has 0 saturated carbocycles. The van der Waals surface area contributed by atoms with Gasteiger partial charge in [0.25, 0.3) is 5.91 Å². The van der Waals surface area contributed by atoms with E-state index in [2.05, 4.69) is 5.32 Å². The van der Waals surface area contributed by atoms with E-state index < -0.39 is 0 Å². The van der Waals surface area contributed by atoms with Crippen LogP contribution in [-0.2, 0) is 5.88 Å². The predicted molar refractivity (Wildman–Crippen MR) is 80.4 cm³/mol. The van der Waals surface area contributed by atoms with Gasteiger partial charge in [0.05, 0.1) is 10.7 Å². The Labute approximate surface area is 126 Å². The lowest BCUT2D eigenvalue weighted by molar-refractivity contribution is 0.102. The van der Waals surface area contributed by atoms with E-state index in [9.17, 15) is 4.79 Å². The first-order valence-corrected chi connectivity index (χ1v) is 6.80. The molecule has 0 heterocycles. The van der Waals surface area contributed by atoms with E-state index in [0.29, 0.717) is 27.2 Å². The fourth-order valence-corrected chi connectivity index (χ4v) is 2.09. The van der Waals surface area contributed by atoms with Crippen LogP contribution in [0.25, 0.3) is 0 Å². The van der Waals surface area contributed by atoms with Crippen molar-refractivity contribution in [2.24, 2.45) is 0 Å². The molecule has 0 saturated heterocycles. The molecule has 0 aliphatic carbocycles. The second-order valence-corrected chi connectivity index (χ2v) is 5.02. The third-order valence-electron chi connectivity index (χ3n) is 2.52. The molecule has 0 unspecified atom stereocenters. The minimum atomic E-state index is -0.254. The minimum absolute atomic E-state index is 0.254. The third kappa shape index (κ3) is 3.63. The zero-order chi connectivity index (χ0) is 13.8. The number of amides is 1. The number of halogens is 3. The molecule has 1 N–H and O–H groups in total. The van der Waals surface area contributed by atoms with Gasteiger partial charge in [0.15, 0.2) is 0 Å². The van der Waals surface area contributed by atoms with Crippen LogP contribution in [0.3, 0.4) is 0 Å². The van der Waals surface area contributed by atoms with Crippen molar-refractivity contribution >= 4 is 46.4 Å². The van der Waals surface area contributed by atoms with Gasteiger partial charge in [-0.05, 0) is 35.9 Å². The zero-order valence-electron chi connectivity index (χ0n) is 9.79. The number of benzene rings is 2. The Kier molecular flexibility index (Phi) is 4.70. The first-order valence-electron chi connectivity index (χ1n) is 5.51. The van der Waals surface area contributed by atoms with Crippen LogP contribution in [0.4, 0.5) is 5.69 Å². The fraction of sp³-hybridized carbons (Fsp3) is 0.0714. The van der Waals surface area contributed by atoms with E-state index in [4.69, 9.17) is 34.8 Å². The van der Waals surface area contributed by atoms with Gasteiger partial charge in [-0.3, -0.25) is 4.79 Å². The summed E-state index contributed by atoms with van der Waals surface area (Å²) in [7, 11) is 0. The largest absolute Gasteiger partial charge is 0.321 e. The molecule has 98 valence electrons. The summed E-state index contributed by atoms with van der Waals surface area (Å²) < 4.78 is 0. The first kappa shape index (κ1) is 14.2. The van der Waals surface area contributed by atoms with E-state index in [-0.39, 0.29) is 5.91 Å². The second kappa shape index (κ2) is 6.29. The number of rotatable bonds is 3. The lowest BCUT2D eigenvalue weighted by Gasteiger charge is -2.08. The number of alkyl halides is 1. The lowest BCUT2D eigenvalue weighted by atomic mass is 10.1. The smallest absolute Gasteiger partial charge is 0.255 e. The van der Waals surface area contributed by atoms with Crippen LogP contribution in [0.15, 0.2) is 42.5 Å². The highest BCUT2D eigenvalue weighted by atomic mass is 35.5. The van der Waals surface area contributed by atoms with Crippen LogP contribution in [0, 0.1) is 0 Å². The maximum atomic E-state index is 12.1. The highest BCUT2D eigenvalue weighted by Crippen LogP contribution is 2.26. The Morgan fingerprint density at radius 2 is 1.89 bits per heavy atom. The van der Waals surface area contributed by atoms with E-state index in [0.717, 1.165) is 5.56 Å². The summed E-state index contributed by atoms with van der Waals surface area (Å²) in [4.78, 5) is 12.1. The van der Waals surface area contributed by atoms with Gasteiger partial charge in [0, 0.05) is 16.5 Å². The number of anilines is 1. The molecule has 2 nitrogen and oxygen atoms in total. The summed E-state index contributed by atoms with van der Waals surface area (Å²) in [5, 5.41) is 3.67. The summed E-state index contributed by atoms with van der Waals surface area (Å²) in [6.45, 7) is 0. The average molecular weight is 315 g/mol. The van der Waals surface area contributed by atoms with E-state index >= 15 is 0 Å². The molecule has 0 aromatic heterocycles. The van der Waals surface area contributed by atoms with E-state index in [1.165, 1.54) is 0 Å². The Bertz CT molecular complexity index is 613. The highest BCUT2D eigenvalue weighted by Gasteiger charge is 2.09. The van der Waals surface area contributed by atoms with Crippen LogP contribution in [0.5, 0.6) is 0 Å². The van der Waals surface area contributed by atoms with E-state index in [1.54, 1.807) is 36.4 Å². The van der Waals surface area contributed by atoms with Crippen molar-refractivity contribution < 1.29 is 4.79 Å². The molecule has 0 radical (unpaired) electrons. The Morgan fingerprint density at radius 1 is 1.11 bits per heavy atom. The van der Waals surface area contributed by atoms with E-state index in [1.807, 2.05) is 6.07 Å². The normalized spacial score (nSPS) is 10.3. The Balaban J connectivity index is 2.22. The predicted octanol–water partition coefficient (Wildman–Crippen LogP) is 4.98. The summed E-state index contributed by atoms with van der Waals surface area (Å²) in [5.41, 5.74) is 1.89.